The molecule has 2 saturated carbocycles. The van der Waals surface area contributed by atoms with Crippen LogP contribution in [0.25, 0.3) is 0 Å². The molecule has 3 N–H and O–H groups in total. The zero-order valence-electron chi connectivity index (χ0n) is 23.7. The molecule has 0 aromatic rings. The second-order valence-electron chi connectivity index (χ2n) is 14.9. The predicted molar refractivity (Wildman–Crippen MR) is 131 cm³/mol. The van der Waals surface area contributed by atoms with Gasteiger partial charge in [-0.15, -0.1) is 0 Å². The van der Waals surface area contributed by atoms with Gasteiger partial charge >= 0.3 is 11.9 Å². The summed E-state index contributed by atoms with van der Waals surface area (Å²) in [5, 5.41) is 35.9. The first kappa shape index (κ1) is 26.7. The number of ether oxygens (including phenoxy) is 5. The summed E-state index contributed by atoms with van der Waals surface area (Å²) in [5.74, 6) is -8.53. The van der Waals surface area contributed by atoms with Crippen LogP contribution < -0.4 is 0 Å². The van der Waals surface area contributed by atoms with E-state index in [1.54, 1.807) is 6.92 Å². The maximum absolute atomic E-state index is 14.8. The van der Waals surface area contributed by atoms with Crippen molar-refractivity contribution in [1.82, 2.24) is 0 Å². The molecule has 6 heterocycles. The minimum atomic E-state index is -2.40. The lowest BCUT2D eigenvalue weighted by atomic mass is 9.59. The number of aliphatic hydroxyl groups is 3. The number of rotatable bonds is 0. The van der Waals surface area contributed by atoms with Gasteiger partial charge in [-0.3, -0.25) is 19.2 Å². The van der Waals surface area contributed by atoms with Gasteiger partial charge in [0.15, 0.2) is 23.3 Å². The SMILES string of the molecule is C[C@@H]1C(=O)O[C@H]2[C@@H]1O[C@]13O[C@@]4(CC[C@]5(C)C(=O)[C@](C)(O)[C@@]2(O)[C@H]15)C[C@]12OC(=O)C[C@H]1OC(C)(C)[C@@H]2[C@@H](O)C[C@H]4C3=O. The van der Waals surface area contributed by atoms with Gasteiger partial charge in [0.1, 0.15) is 23.4 Å². The van der Waals surface area contributed by atoms with E-state index in [4.69, 9.17) is 23.7 Å². The quantitative estimate of drug-likeness (QED) is 0.322. The van der Waals surface area contributed by atoms with Crippen LogP contribution in [0.3, 0.4) is 0 Å². The van der Waals surface area contributed by atoms with Crippen LogP contribution in [0, 0.1) is 29.1 Å². The zero-order valence-corrected chi connectivity index (χ0v) is 23.7. The van der Waals surface area contributed by atoms with Crippen molar-refractivity contribution in [3.8, 4) is 0 Å². The van der Waals surface area contributed by atoms with Crippen molar-refractivity contribution in [3.63, 3.8) is 0 Å². The first-order valence-corrected chi connectivity index (χ1v) is 14.6. The summed E-state index contributed by atoms with van der Waals surface area (Å²) in [6, 6.07) is 0. The maximum atomic E-state index is 14.8. The van der Waals surface area contributed by atoms with E-state index in [-0.39, 0.29) is 32.1 Å². The highest BCUT2D eigenvalue weighted by atomic mass is 16.7. The highest BCUT2D eigenvalue weighted by Crippen LogP contribution is 2.72. The van der Waals surface area contributed by atoms with Crippen LogP contribution in [0.1, 0.15) is 66.7 Å². The molecular weight excluding hydrogens is 540 g/mol. The molecular formula is C29H36O12. The second-order valence-corrected chi connectivity index (χ2v) is 14.9. The van der Waals surface area contributed by atoms with Crippen LogP contribution >= 0.6 is 0 Å². The molecule has 41 heavy (non-hydrogen) atoms. The smallest absolute Gasteiger partial charge is 0.311 e. The lowest BCUT2D eigenvalue weighted by Gasteiger charge is -2.54. The van der Waals surface area contributed by atoms with E-state index in [1.807, 2.05) is 13.8 Å². The fourth-order valence-corrected chi connectivity index (χ4v) is 10.9. The molecule has 2 bridgehead atoms. The minimum absolute atomic E-state index is 0.00878. The lowest BCUT2D eigenvalue weighted by Crippen LogP contribution is -2.75. The first-order valence-electron chi connectivity index (χ1n) is 14.6. The van der Waals surface area contributed by atoms with E-state index in [2.05, 4.69) is 0 Å². The first-order chi connectivity index (χ1) is 18.9. The fourth-order valence-electron chi connectivity index (χ4n) is 10.9. The van der Waals surface area contributed by atoms with Crippen molar-refractivity contribution < 1.29 is 58.2 Å². The molecule has 0 unspecified atom stereocenters. The molecule has 8 fully saturated rings. The summed E-state index contributed by atoms with van der Waals surface area (Å²) in [5.41, 5.74) is -9.77. The Labute approximate surface area is 236 Å². The highest BCUT2D eigenvalue weighted by Gasteiger charge is 2.90. The zero-order chi connectivity index (χ0) is 29.5. The van der Waals surface area contributed by atoms with Crippen molar-refractivity contribution in [2.45, 2.75) is 125 Å². The van der Waals surface area contributed by atoms with Gasteiger partial charge in [0.25, 0.3) is 0 Å². The molecule has 8 aliphatic rings. The van der Waals surface area contributed by atoms with Crippen LogP contribution in [-0.2, 0) is 42.9 Å². The summed E-state index contributed by atoms with van der Waals surface area (Å²) in [4.78, 5) is 54.4. The number of aliphatic hydroxyl groups excluding tert-OH is 1. The van der Waals surface area contributed by atoms with E-state index in [0.29, 0.717) is 0 Å². The molecule has 12 heteroatoms. The Morgan fingerprint density at radius 3 is 2.39 bits per heavy atom. The average molecular weight is 577 g/mol. The number of fused-ring (bicyclic) bond motifs is 2. The van der Waals surface area contributed by atoms with Crippen LogP contribution in [0.4, 0.5) is 0 Å². The van der Waals surface area contributed by atoms with Gasteiger partial charge in [0, 0.05) is 11.8 Å². The predicted octanol–water partition coefficient (Wildman–Crippen LogP) is -0.288. The molecule has 12 nitrogen and oxygen atoms in total. The Bertz CT molecular complexity index is 1340. The average Bonchev–Trinajstić information content (AvgIpc) is 3.43. The molecule has 0 aromatic carbocycles. The van der Waals surface area contributed by atoms with E-state index in [1.165, 1.54) is 13.8 Å². The van der Waals surface area contributed by atoms with Crippen LogP contribution in [0.15, 0.2) is 0 Å². The summed E-state index contributed by atoms with van der Waals surface area (Å²) in [6.45, 7) is 7.99. The van der Waals surface area contributed by atoms with E-state index in [0.717, 1.165) is 0 Å². The number of hydrogen-bond acceptors (Lipinski definition) is 12. The van der Waals surface area contributed by atoms with Gasteiger partial charge in [-0.25, -0.2) is 0 Å². The summed E-state index contributed by atoms with van der Waals surface area (Å²) >= 11 is 0. The van der Waals surface area contributed by atoms with Gasteiger partial charge in [0.2, 0.25) is 5.79 Å². The third kappa shape index (κ3) is 2.56. The molecule has 0 radical (unpaired) electrons. The van der Waals surface area contributed by atoms with Crippen molar-refractivity contribution in [3.05, 3.63) is 0 Å². The Balaban J connectivity index is 1.35. The van der Waals surface area contributed by atoms with Gasteiger partial charge in [-0.05, 0) is 47.0 Å². The number of hydrogen-bond donors (Lipinski definition) is 3. The van der Waals surface area contributed by atoms with E-state index >= 15 is 0 Å². The Morgan fingerprint density at radius 2 is 1.68 bits per heavy atom. The van der Waals surface area contributed by atoms with Gasteiger partial charge in [0.05, 0.1) is 47.4 Å². The second kappa shape index (κ2) is 7.05. The molecule has 8 rings (SSSR count). The van der Waals surface area contributed by atoms with Crippen LogP contribution in [-0.4, -0.2) is 97.0 Å². The van der Waals surface area contributed by atoms with Crippen molar-refractivity contribution in [2.24, 2.45) is 29.1 Å². The molecule has 6 saturated heterocycles. The standard InChI is InChI=1S/C29H36O12/c1-11-16-19(37-20(11)33)28(36)21-24(4,22(34)25(28,5)35)6-7-26-10-27-14(9-15(31)39-27)38-23(2,3)17(27)13(30)8-12(26)18(32)29(21,40-16)41-26/h11-14,16-17,19,21,30,35-36H,6-10H2,1-5H3/t11-,12-,13-,14+,16+,17-,19-,21+,24-,25-,26-,27-,28-,29+/m0/s1. The molecule has 14 atom stereocenters. The molecule has 224 valence electrons. The Kier molecular flexibility index (Phi) is 4.58. The molecule has 0 aromatic heterocycles. The fraction of sp³-hybridized carbons (Fsp3) is 0.862. The van der Waals surface area contributed by atoms with Crippen molar-refractivity contribution in [2.75, 3.05) is 0 Å². The van der Waals surface area contributed by atoms with Crippen LogP contribution in [0.5, 0.6) is 0 Å². The van der Waals surface area contributed by atoms with Crippen molar-refractivity contribution in [1.29, 1.82) is 0 Å². The summed E-state index contributed by atoms with van der Waals surface area (Å²) in [7, 11) is 0. The van der Waals surface area contributed by atoms with Crippen LogP contribution in [0.2, 0.25) is 0 Å². The topological polar surface area (TPSA) is 175 Å². The number of carbonyl (C=O) groups excluding carboxylic acids is 4. The number of carbonyl (C=O) groups is 4. The highest BCUT2D eigenvalue weighted by molar-refractivity contribution is 6.01. The van der Waals surface area contributed by atoms with Crippen molar-refractivity contribution >= 4 is 23.5 Å². The maximum Gasteiger partial charge on any atom is 0.311 e. The molecule has 0 amide bonds. The van der Waals surface area contributed by atoms with E-state index < -0.39 is 111 Å². The monoisotopic (exact) mass is 576 g/mol. The third-order valence-corrected chi connectivity index (χ3v) is 12.4. The van der Waals surface area contributed by atoms with Gasteiger partial charge in [-0.2, -0.15) is 0 Å². The Hall–Kier alpha value is -1.96. The summed E-state index contributed by atoms with van der Waals surface area (Å²) < 4.78 is 31.3. The minimum Gasteiger partial charge on any atom is -0.456 e. The lowest BCUT2D eigenvalue weighted by molar-refractivity contribution is -0.370. The number of esters is 2. The Morgan fingerprint density at radius 1 is 0.976 bits per heavy atom. The largest absolute Gasteiger partial charge is 0.456 e. The summed E-state index contributed by atoms with van der Waals surface area (Å²) in [6.07, 6.45) is -4.18. The molecule has 2 aliphatic carbocycles. The van der Waals surface area contributed by atoms with Gasteiger partial charge in [-0.1, -0.05) is 6.92 Å². The third-order valence-electron chi connectivity index (χ3n) is 12.4. The van der Waals surface area contributed by atoms with Gasteiger partial charge < -0.3 is 39.0 Å². The normalized spacial score (nSPS) is 61.3. The molecule has 3 spiro atoms. The molecule has 6 aliphatic heterocycles. The van der Waals surface area contributed by atoms with E-state index in [9.17, 15) is 34.5 Å². The number of ketones is 2. The number of Topliss-reactive ketones (excluding diaryl/α,β-unsaturated/α-hetero) is 2.